The maximum absolute atomic E-state index is 13.0. The standard InChI is InChI=1S/C22H27N3O5S/c1-29-15-16-30-21-20(17-7-11-23-12-8-17)25(22(21)26)18-9-13-24(14-10-18)31(27,28)19-5-3-2-4-6-19/h2-8,11-12,18,20-21H,9-10,13-16H2,1H3/t20-,21+/m0/s1. The number of benzene rings is 1. The number of carbonyl (C=O) groups excluding carboxylic acids is 1. The highest BCUT2D eigenvalue weighted by Gasteiger charge is 2.52. The molecule has 1 amide bonds. The van der Waals surface area contributed by atoms with Crippen LogP contribution in [0.4, 0.5) is 0 Å². The summed E-state index contributed by atoms with van der Waals surface area (Å²) in [6, 6.07) is 12.0. The van der Waals surface area contributed by atoms with Crippen molar-refractivity contribution in [2.45, 2.75) is 35.9 Å². The van der Waals surface area contributed by atoms with Gasteiger partial charge in [-0.2, -0.15) is 4.31 Å². The molecule has 31 heavy (non-hydrogen) atoms. The molecule has 0 radical (unpaired) electrons. The van der Waals surface area contributed by atoms with Gasteiger partial charge in [-0.15, -0.1) is 0 Å². The Kier molecular flexibility index (Phi) is 6.66. The zero-order chi connectivity index (χ0) is 21.8. The van der Waals surface area contributed by atoms with Gasteiger partial charge in [-0.1, -0.05) is 18.2 Å². The number of rotatable bonds is 8. The Morgan fingerprint density at radius 3 is 2.35 bits per heavy atom. The van der Waals surface area contributed by atoms with Crippen LogP contribution in [0.1, 0.15) is 24.4 Å². The smallest absolute Gasteiger partial charge is 0.255 e. The lowest BCUT2D eigenvalue weighted by atomic mass is 9.87. The molecular formula is C22H27N3O5S. The van der Waals surface area contributed by atoms with Gasteiger partial charge < -0.3 is 14.4 Å². The Bertz CT molecular complexity index is 979. The summed E-state index contributed by atoms with van der Waals surface area (Å²) in [6.45, 7) is 1.52. The largest absolute Gasteiger partial charge is 0.382 e. The first-order valence-corrected chi connectivity index (χ1v) is 11.9. The molecule has 2 atom stereocenters. The van der Waals surface area contributed by atoms with Crippen LogP contribution in [-0.4, -0.2) is 74.1 Å². The average Bonchev–Trinajstić information content (AvgIpc) is 2.81. The fraction of sp³-hybridized carbons (Fsp3) is 0.455. The van der Waals surface area contributed by atoms with Crippen molar-refractivity contribution in [2.75, 3.05) is 33.4 Å². The molecule has 2 aliphatic rings. The maximum Gasteiger partial charge on any atom is 0.255 e. The van der Waals surface area contributed by atoms with Gasteiger partial charge in [-0.3, -0.25) is 9.78 Å². The number of methoxy groups -OCH3 is 1. The first-order chi connectivity index (χ1) is 15.0. The SMILES string of the molecule is COCCO[C@H]1C(=O)N(C2CCN(S(=O)(=O)c3ccccc3)CC2)[C@H]1c1ccncc1. The van der Waals surface area contributed by atoms with E-state index in [1.54, 1.807) is 49.8 Å². The highest BCUT2D eigenvalue weighted by Crippen LogP contribution is 2.41. The minimum atomic E-state index is -3.52. The number of carbonyl (C=O) groups is 1. The minimum absolute atomic E-state index is 0.0323. The van der Waals surface area contributed by atoms with Crippen molar-refractivity contribution in [1.82, 2.24) is 14.2 Å². The van der Waals surface area contributed by atoms with Crippen molar-refractivity contribution in [3.8, 4) is 0 Å². The highest BCUT2D eigenvalue weighted by atomic mass is 32.2. The molecule has 2 fully saturated rings. The van der Waals surface area contributed by atoms with E-state index in [4.69, 9.17) is 9.47 Å². The zero-order valence-corrected chi connectivity index (χ0v) is 18.3. The van der Waals surface area contributed by atoms with Crippen LogP contribution in [0.2, 0.25) is 0 Å². The number of pyridine rings is 1. The number of amides is 1. The minimum Gasteiger partial charge on any atom is -0.382 e. The number of likely N-dealkylation sites (tertiary alicyclic amines) is 1. The fourth-order valence-electron chi connectivity index (χ4n) is 4.31. The molecule has 2 aromatic rings. The summed E-state index contributed by atoms with van der Waals surface area (Å²) in [5.74, 6) is -0.0534. The molecule has 4 rings (SSSR count). The number of hydrogen-bond acceptors (Lipinski definition) is 6. The lowest BCUT2D eigenvalue weighted by molar-refractivity contribution is -0.183. The second kappa shape index (κ2) is 9.44. The van der Waals surface area contributed by atoms with Gasteiger partial charge in [0.15, 0.2) is 6.10 Å². The topological polar surface area (TPSA) is 89.0 Å². The van der Waals surface area contributed by atoms with Crippen LogP contribution in [0, 0.1) is 0 Å². The van der Waals surface area contributed by atoms with Crippen molar-refractivity contribution in [3.63, 3.8) is 0 Å². The molecule has 2 saturated heterocycles. The summed E-state index contributed by atoms with van der Waals surface area (Å²) in [5, 5.41) is 0. The third kappa shape index (κ3) is 4.36. The van der Waals surface area contributed by atoms with E-state index < -0.39 is 16.1 Å². The molecule has 1 aromatic heterocycles. The van der Waals surface area contributed by atoms with Crippen LogP contribution in [0.3, 0.4) is 0 Å². The number of piperidine rings is 1. The quantitative estimate of drug-likeness (QED) is 0.455. The zero-order valence-electron chi connectivity index (χ0n) is 17.5. The van der Waals surface area contributed by atoms with Crippen LogP contribution < -0.4 is 0 Å². The molecular weight excluding hydrogens is 418 g/mol. The van der Waals surface area contributed by atoms with Crippen molar-refractivity contribution in [1.29, 1.82) is 0 Å². The summed E-state index contributed by atoms with van der Waals surface area (Å²) in [5.41, 5.74) is 0.969. The molecule has 9 heteroatoms. The van der Waals surface area contributed by atoms with Crippen molar-refractivity contribution < 1.29 is 22.7 Å². The van der Waals surface area contributed by atoms with Gasteiger partial charge in [0.2, 0.25) is 10.0 Å². The molecule has 8 nitrogen and oxygen atoms in total. The molecule has 3 heterocycles. The molecule has 0 unspecified atom stereocenters. The summed E-state index contributed by atoms with van der Waals surface area (Å²) < 4.78 is 38.2. The van der Waals surface area contributed by atoms with Gasteiger partial charge in [0.05, 0.1) is 24.2 Å². The van der Waals surface area contributed by atoms with Crippen molar-refractivity contribution in [2.24, 2.45) is 0 Å². The first-order valence-electron chi connectivity index (χ1n) is 10.4. The lowest BCUT2D eigenvalue weighted by Gasteiger charge is -2.52. The highest BCUT2D eigenvalue weighted by molar-refractivity contribution is 7.89. The second-order valence-electron chi connectivity index (χ2n) is 7.70. The molecule has 0 bridgehead atoms. The van der Waals surface area contributed by atoms with E-state index in [2.05, 4.69) is 4.98 Å². The van der Waals surface area contributed by atoms with Crippen LogP contribution in [0.25, 0.3) is 0 Å². The molecule has 0 spiro atoms. The first kappa shape index (κ1) is 21.9. The van der Waals surface area contributed by atoms with E-state index in [-0.39, 0.29) is 18.0 Å². The number of hydrogen-bond donors (Lipinski definition) is 0. The lowest BCUT2D eigenvalue weighted by Crippen LogP contribution is -2.64. The second-order valence-corrected chi connectivity index (χ2v) is 9.64. The van der Waals surface area contributed by atoms with Gasteiger partial charge in [0, 0.05) is 38.6 Å². The van der Waals surface area contributed by atoms with Crippen LogP contribution in [0.5, 0.6) is 0 Å². The molecule has 166 valence electrons. The Balaban J connectivity index is 1.46. The van der Waals surface area contributed by atoms with Crippen LogP contribution in [-0.2, 0) is 24.3 Å². The summed E-state index contributed by atoms with van der Waals surface area (Å²) >= 11 is 0. The van der Waals surface area contributed by atoms with Crippen molar-refractivity contribution >= 4 is 15.9 Å². The number of sulfonamides is 1. The molecule has 0 aliphatic carbocycles. The van der Waals surface area contributed by atoms with Crippen LogP contribution >= 0.6 is 0 Å². The number of β-lactam (4-membered cyclic amide) rings is 1. The fourth-order valence-corrected chi connectivity index (χ4v) is 5.80. The Morgan fingerprint density at radius 2 is 1.71 bits per heavy atom. The molecule has 0 N–H and O–H groups in total. The Hall–Kier alpha value is -2.33. The van der Waals surface area contributed by atoms with E-state index in [0.717, 1.165) is 5.56 Å². The Labute approximate surface area is 182 Å². The van der Waals surface area contributed by atoms with Gasteiger partial charge in [0.1, 0.15) is 0 Å². The van der Waals surface area contributed by atoms with E-state index in [9.17, 15) is 13.2 Å². The van der Waals surface area contributed by atoms with Crippen molar-refractivity contribution in [3.05, 3.63) is 60.4 Å². The van der Waals surface area contributed by atoms with E-state index in [0.29, 0.717) is 44.0 Å². The van der Waals surface area contributed by atoms with Gasteiger partial charge in [-0.25, -0.2) is 8.42 Å². The molecule has 0 saturated carbocycles. The monoisotopic (exact) mass is 445 g/mol. The summed E-state index contributed by atoms with van der Waals surface area (Å²) in [7, 11) is -1.93. The average molecular weight is 446 g/mol. The number of nitrogens with zero attached hydrogens (tertiary/aromatic N) is 3. The number of aromatic nitrogens is 1. The van der Waals surface area contributed by atoms with Gasteiger partial charge in [-0.05, 0) is 42.7 Å². The Morgan fingerprint density at radius 1 is 1.03 bits per heavy atom. The predicted molar refractivity (Wildman–Crippen MR) is 114 cm³/mol. The predicted octanol–water partition coefficient (Wildman–Crippen LogP) is 1.85. The summed E-state index contributed by atoms with van der Waals surface area (Å²) in [6.07, 6.45) is 4.03. The third-order valence-electron chi connectivity index (χ3n) is 5.91. The third-order valence-corrected chi connectivity index (χ3v) is 7.83. The number of ether oxygens (including phenoxy) is 2. The normalized spacial score (nSPS) is 23.0. The molecule has 2 aliphatic heterocycles. The van der Waals surface area contributed by atoms with Gasteiger partial charge >= 0.3 is 0 Å². The van der Waals surface area contributed by atoms with Crippen LogP contribution in [0.15, 0.2) is 59.8 Å². The van der Waals surface area contributed by atoms with E-state index in [1.807, 2.05) is 17.0 Å². The van der Waals surface area contributed by atoms with E-state index >= 15 is 0 Å². The molecule has 1 aromatic carbocycles. The summed E-state index contributed by atoms with van der Waals surface area (Å²) in [4.78, 5) is 19.2. The van der Waals surface area contributed by atoms with Gasteiger partial charge in [0.25, 0.3) is 5.91 Å². The van der Waals surface area contributed by atoms with E-state index in [1.165, 1.54) is 4.31 Å². The maximum atomic E-state index is 13.0.